The van der Waals surface area contributed by atoms with Crippen LogP contribution >= 0.6 is 0 Å². The normalized spacial score (nSPS) is 23.1. The van der Waals surface area contributed by atoms with Crippen molar-refractivity contribution in [1.29, 1.82) is 0 Å². The molecule has 2 heterocycles. The molecule has 2 rings (SSSR count). The first-order chi connectivity index (χ1) is 6.79. The maximum atomic E-state index is 11.5. The fourth-order valence-corrected chi connectivity index (χ4v) is 1.70. The van der Waals surface area contributed by atoms with Gasteiger partial charge in [0.05, 0.1) is 6.54 Å². The molecule has 0 aromatic carbocycles. The number of urea groups is 2. The van der Waals surface area contributed by atoms with Crippen LogP contribution in [0.4, 0.5) is 9.59 Å². The number of hydrogen-bond acceptors (Lipinski definition) is 2. The van der Waals surface area contributed by atoms with Crippen LogP contribution in [0.1, 0.15) is 12.8 Å². The average Bonchev–Trinajstić information content (AvgIpc) is 2.46. The van der Waals surface area contributed by atoms with Crippen LogP contribution in [0.25, 0.3) is 0 Å². The molecular weight excluding hydrogens is 184 g/mol. The first kappa shape index (κ1) is 9.11. The van der Waals surface area contributed by atoms with Gasteiger partial charge in [0.15, 0.2) is 0 Å². The van der Waals surface area contributed by atoms with Crippen molar-refractivity contribution >= 4 is 12.1 Å². The minimum Gasteiger partial charge on any atom is -0.337 e. The minimum atomic E-state index is -0.179. The Balaban J connectivity index is 2.06. The summed E-state index contributed by atoms with van der Waals surface area (Å²) in [7, 11) is 0. The van der Waals surface area contributed by atoms with Gasteiger partial charge in [-0.05, 0) is 12.8 Å². The second-order valence-corrected chi connectivity index (χ2v) is 3.42. The van der Waals surface area contributed by atoms with Crippen LogP contribution in [-0.2, 0) is 0 Å². The Morgan fingerprint density at radius 1 is 0.857 bits per heavy atom. The van der Waals surface area contributed by atoms with Crippen LogP contribution in [0.5, 0.6) is 0 Å². The van der Waals surface area contributed by atoms with Gasteiger partial charge < -0.3 is 10.6 Å². The highest BCUT2D eigenvalue weighted by Crippen LogP contribution is 2.08. The number of carbonyl (C=O) groups excluding carboxylic acids is 2. The second kappa shape index (κ2) is 3.73. The van der Waals surface area contributed by atoms with E-state index in [4.69, 9.17) is 0 Å². The molecule has 78 valence electrons. The molecule has 0 aromatic heterocycles. The Bertz CT molecular complexity index is 256. The molecule has 2 fully saturated rings. The van der Waals surface area contributed by atoms with Crippen molar-refractivity contribution < 1.29 is 9.59 Å². The largest absolute Gasteiger partial charge is 0.337 e. The molecular formula is C8H14N4O2. The summed E-state index contributed by atoms with van der Waals surface area (Å²) in [6, 6.07) is -0.346. The van der Waals surface area contributed by atoms with Gasteiger partial charge in [-0.1, -0.05) is 0 Å². The first-order valence-electron chi connectivity index (χ1n) is 4.90. The number of nitrogens with one attached hydrogen (secondary N) is 2. The van der Waals surface area contributed by atoms with E-state index < -0.39 is 0 Å². The highest BCUT2D eigenvalue weighted by Gasteiger charge is 2.30. The van der Waals surface area contributed by atoms with E-state index in [1.54, 1.807) is 0 Å². The average molecular weight is 198 g/mol. The second-order valence-electron chi connectivity index (χ2n) is 3.42. The van der Waals surface area contributed by atoms with Gasteiger partial charge in [0.2, 0.25) is 0 Å². The molecule has 6 nitrogen and oxygen atoms in total. The lowest BCUT2D eigenvalue weighted by Crippen LogP contribution is -2.51. The summed E-state index contributed by atoms with van der Waals surface area (Å²) in [6.07, 6.45) is 1.90. The third-order valence-corrected chi connectivity index (χ3v) is 2.43. The summed E-state index contributed by atoms with van der Waals surface area (Å²) >= 11 is 0. The zero-order valence-corrected chi connectivity index (χ0v) is 7.95. The number of nitrogens with zero attached hydrogens (tertiary/aromatic N) is 2. The molecule has 0 spiro atoms. The fraction of sp³-hybridized carbons (Fsp3) is 0.750. The standard InChI is InChI=1S/C8H14N4O2/c13-7-9-3-1-2-5-11(7)12-6-4-10-8(12)14/h1-6H2,(H,9,13)(H,10,14). The lowest BCUT2D eigenvalue weighted by Gasteiger charge is -2.28. The van der Waals surface area contributed by atoms with Crippen molar-refractivity contribution in [2.45, 2.75) is 12.8 Å². The van der Waals surface area contributed by atoms with E-state index in [1.807, 2.05) is 0 Å². The summed E-state index contributed by atoms with van der Waals surface area (Å²) in [6.45, 7) is 2.51. The van der Waals surface area contributed by atoms with Crippen LogP contribution < -0.4 is 10.6 Å². The molecule has 2 saturated heterocycles. The lowest BCUT2D eigenvalue weighted by atomic mass is 10.3. The number of rotatable bonds is 1. The van der Waals surface area contributed by atoms with Gasteiger partial charge >= 0.3 is 12.1 Å². The molecule has 2 aliphatic heterocycles. The van der Waals surface area contributed by atoms with Crippen LogP contribution in [0.2, 0.25) is 0 Å². The van der Waals surface area contributed by atoms with Crippen LogP contribution in [0.15, 0.2) is 0 Å². The van der Waals surface area contributed by atoms with Gasteiger partial charge in [-0.3, -0.25) is 0 Å². The van der Waals surface area contributed by atoms with Crippen LogP contribution in [-0.4, -0.2) is 48.3 Å². The highest BCUT2D eigenvalue weighted by molar-refractivity contribution is 5.81. The molecule has 0 bridgehead atoms. The fourth-order valence-electron chi connectivity index (χ4n) is 1.70. The Morgan fingerprint density at radius 2 is 1.50 bits per heavy atom. The molecule has 0 aliphatic carbocycles. The van der Waals surface area contributed by atoms with Gasteiger partial charge in [-0.2, -0.15) is 0 Å². The summed E-state index contributed by atoms with van der Waals surface area (Å²) in [5.74, 6) is 0. The topological polar surface area (TPSA) is 64.7 Å². The molecule has 6 heteroatoms. The Kier molecular flexibility index (Phi) is 2.43. The smallest absolute Gasteiger partial charge is 0.336 e. The van der Waals surface area contributed by atoms with E-state index in [2.05, 4.69) is 10.6 Å². The van der Waals surface area contributed by atoms with E-state index in [1.165, 1.54) is 10.0 Å². The molecule has 0 aromatic rings. The lowest BCUT2D eigenvalue weighted by molar-refractivity contribution is 0.0677. The molecule has 14 heavy (non-hydrogen) atoms. The molecule has 4 amide bonds. The molecule has 2 aliphatic rings. The zero-order valence-electron chi connectivity index (χ0n) is 7.95. The van der Waals surface area contributed by atoms with Crippen molar-refractivity contribution in [2.24, 2.45) is 0 Å². The molecule has 0 saturated carbocycles. The Labute approximate surface area is 82.2 Å². The summed E-state index contributed by atoms with van der Waals surface area (Å²) in [4.78, 5) is 22.9. The zero-order chi connectivity index (χ0) is 9.97. The van der Waals surface area contributed by atoms with Gasteiger partial charge in [0, 0.05) is 19.6 Å². The molecule has 0 atom stereocenters. The molecule has 0 radical (unpaired) electrons. The summed E-state index contributed by atoms with van der Waals surface area (Å²) in [5, 5.41) is 8.40. The third kappa shape index (κ3) is 1.59. The van der Waals surface area contributed by atoms with Crippen molar-refractivity contribution in [3.63, 3.8) is 0 Å². The Morgan fingerprint density at radius 3 is 2.21 bits per heavy atom. The predicted molar refractivity (Wildman–Crippen MR) is 49.4 cm³/mol. The number of hydrogen-bond donors (Lipinski definition) is 2. The van der Waals surface area contributed by atoms with Crippen molar-refractivity contribution in [3.8, 4) is 0 Å². The summed E-state index contributed by atoms with van der Waals surface area (Å²) < 4.78 is 0. The molecule has 0 unspecified atom stereocenters. The van der Waals surface area contributed by atoms with E-state index in [9.17, 15) is 9.59 Å². The number of carbonyl (C=O) groups is 2. The maximum Gasteiger partial charge on any atom is 0.336 e. The minimum absolute atomic E-state index is 0.167. The van der Waals surface area contributed by atoms with Gasteiger partial charge in [-0.25, -0.2) is 19.6 Å². The SMILES string of the molecule is O=C1NCCCCN1N1CCNC1=O. The van der Waals surface area contributed by atoms with E-state index >= 15 is 0 Å². The van der Waals surface area contributed by atoms with E-state index in [0.29, 0.717) is 26.2 Å². The number of amides is 4. The first-order valence-corrected chi connectivity index (χ1v) is 4.90. The van der Waals surface area contributed by atoms with Crippen molar-refractivity contribution in [2.75, 3.05) is 26.2 Å². The number of hydrazine groups is 1. The quantitative estimate of drug-likeness (QED) is 0.609. The van der Waals surface area contributed by atoms with Crippen LogP contribution in [0, 0.1) is 0 Å². The molecule has 2 N–H and O–H groups in total. The van der Waals surface area contributed by atoms with Gasteiger partial charge in [0.25, 0.3) is 0 Å². The summed E-state index contributed by atoms with van der Waals surface area (Å²) in [5.41, 5.74) is 0. The van der Waals surface area contributed by atoms with Gasteiger partial charge in [-0.15, -0.1) is 0 Å². The highest BCUT2D eigenvalue weighted by atomic mass is 16.2. The van der Waals surface area contributed by atoms with Crippen molar-refractivity contribution in [1.82, 2.24) is 20.7 Å². The van der Waals surface area contributed by atoms with E-state index in [-0.39, 0.29) is 12.1 Å². The maximum absolute atomic E-state index is 11.5. The monoisotopic (exact) mass is 198 g/mol. The van der Waals surface area contributed by atoms with Crippen LogP contribution in [0.3, 0.4) is 0 Å². The van der Waals surface area contributed by atoms with E-state index in [0.717, 1.165) is 12.8 Å². The Hall–Kier alpha value is -1.46. The predicted octanol–water partition coefficient (Wildman–Crippen LogP) is -0.268. The third-order valence-electron chi connectivity index (χ3n) is 2.43. The van der Waals surface area contributed by atoms with Crippen molar-refractivity contribution in [3.05, 3.63) is 0 Å². The van der Waals surface area contributed by atoms with Gasteiger partial charge in [0.1, 0.15) is 0 Å².